The molecule has 19 heavy (non-hydrogen) atoms. The number of nitrogens with zero attached hydrogens (tertiary/aromatic N) is 2. The molecule has 3 rings (SSSR count). The van der Waals surface area contributed by atoms with Crippen LogP contribution in [0.5, 0.6) is 5.88 Å². The third kappa shape index (κ3) is 1.88. The van der Waals surface area contributed by atoms with Crippen LogP contribution in [0.3, 0.4) is 0 Å². The summed E-state index contributed by atoms with van der Waals surface area (Å²) in [6.07, 6.45) is -1.05. The molecule has 1 aliphatic rings. The van der Waals surface area contributed by atoms with Crippen LogP contribution in [0.4, 0.5) is 11.5 Å². The van der Waals surface area contributed by atoms with E-state index in [0.717, 1.165) is 0 Å². The van der Waals surface area contributed by atoms with Crippen molar-refractivity contribution in [1.82, 2.24) is 9.78 Å². The van der Waals surface area contributed by atoms with Crippen molar-refractivity contribution in [3.63, 3.8) is 0 Å². The molecule has 9 heteroatoms. The minimum Gasteiger partial charge on any atom is -0.391 e. The lowest BCUT2D eigenvalue weighted by atomic mass is 10.2. The molecule has 0 saturated carbocycles. The average molecular weight is 282 g/mol. The van der Waals surface area contributed by atoms with E-state index in [1.807, 2.05) is 0 Å². The highest BCUT2D eigenvalue weighted by molar-refractivity contribution is 7.82. The Morgan fingerprint density at radius 2 is 1.89 bits per heavy atom. The lowest BCUT2D eigenvalue weighted by molar-refractivity contribution is 0.161. The van der Waals surface area contributed by atoms with Gasteiger partial charge in [0, 0.05) is 5.56 Å². The maximum absolute atomic E-state index is 11.6. The maximum Gasteiger partial charge on any atom is 0.453 e. The molecule has 0 spiro atoms. The first-order chi connectivity index (χ1) is 8.98. The first kappa shape index (κ1) is 11.8. The second-order valence-electron chi connectivity index (χ2n) is 3.90. The van der Waals surface area contributed by atoms with E-state index in [4.69, 9.17) is 15.7 Å². The summed E-state index contributed by atoms with van der Waals surface area (Å²) in [5.41, 5.74) is 11.9. The first-order valence-electron chi connectivity index (χ1n) is 5.29. The monoisotopic (exact) mass is 282 g/mol. The Hall–Kier alpha value is -2.26. The van der Waals surface area contributed by atoms with Crippen molar-refractivity contribution < 1.29 is 16.8 Å². The lowest BCUT2D eigenvalue weighted by Gasteiger charge is -2.17. The van der Waals surface area contributed by atoms with Gasteiger partial charge >= 0.3 is 10.4 Å². The molecule has 2 heterocycles. The summed E-state index contributed by atoms with van der Waals surface area (Å²) < 4.78 is 34.0. The topological polar surface area (TPSA) is 122 Å². The SMILES string of the molecule is Nc1c2nn(c1N)C(c1ccccc1)OS(=O)(=O)O2. The van der Waals surface area contributed by atoms with Crippen LogP contribution in [-0.4, -0.2) is 18.2 Å². The molecule has 1 aromatic heterocycles. The molecule has 1 aromatic carbocycles. The number of fused-ring (bicyclic) bond motifs is 2. The van der Waals surface area contributed by atoms with Crippen LogP contribution in [0.1, 0.15) is 11.8 Å². The van der Waals surface area contributed by atoms with Gasteiger partial charge in [-0.3, -0.25) is 0 Å². The predicted molar refractivity (Wildman–Crippen MR) is 66.3 cm³/mol. The first-order valence-corrected chi connectivity index (χ1v) is 6.62. The number of nitrogens with two attached hydrogens (primary N) is 2. The number of nitrogen functional groups attached to an aromatic ring is 2. The Kier molecular flexibility index (Phi) is 2.40. The number of hydrogen-bond acceptors (Lipinski definition) is 7. The number of rotatable bonds is 1. The highest BCUT2D eigenvalue weighted by atomic mass is 32.3. The molecule has 100 valence electrons. The van der Waals surface area contributed by atoms with E-state index in [1.54, 1.807) is 30.3 Å². The van der Waals surface area contributed by atoms with E-state index in [0.29, 0.717) is 5.56 Å². The van der Waals surface area contributed by atoms with Gasteiger partial charge in [-0.05, 0) is 0 Å². The second-order valence-corrected chi connectivity index (χ2v) is 5.08. The summed E-state index contributed by atoms with van der Waals surface area (Å²) in [5.74, 6) is -0.199. The normalized spacial score (nSPS) is 20.5. The number of anilines is 2. The molecule has 0 amide bonds. The third-order valence-corrected chi connectivity index (χ3v) is 3.43. The van der Waals surface area contributed by atoms with Gasteiger partial charge in [0.15, 0.2) is 12.0 Å². The Labute approximate surface area is 108 Å². The van der Waals surface area contributed by atoms with Crippen molar-refractivity contribution in [3.05, 3.63) is 35.9 Å². The Morgan fingerprint density at radius 1 is 1.21 bits per heavy atom. The van der Waals surface area contributed by atoms with E-state index >= 15 is 0 Å². The Bertz CT molecular complexity index is 725. The molecule has 0 fully saturated rings. The molecular formula is C10H10N4O4S. The Morgan fingerprint density at radius 3 is 2.58 bits per heavy atom. The van der Waals surface area contributed by atoms with Crippen molar-refractivity contribution in [2.75, 3.05) is 11.5 Å². The van der Waals surface area contributed by atoms with Crippen LogP contribution in [0.15, 0.2) is 30.3 Å². The number of hydrogen-bond donors (Lipinski definition) is 2. The molecule has 8 nitrogen and oxygen atoms in total. The second kappa shape index (κ2) is 3.87. The van der Waals surface area contributed by atoms with Crippen molar-refractivity contribution in [3.8, 4) is 5.88 Å². The summed E-state index contributed by atoms with van der Waals surface area (Å²) in [4.78, 5) is 0. The van der Waals surface area contributed by atoms with Crippen LogP contribution in [0, 0.1) is 0 Å². The van der Waals surface area contributed by atoms with Gasteiger partial charge in [0.1, 0.15) is 5.69 Å². The summed E-state index contributed by atoms with van der Waals surface area (Å²) in [6, 6.07) is 8.63. The largest absolute Gasteiger partial charge is 0.453 e. The van der Waals surface area contributed by atoms with E-state index in [1.165, 1.54) is 4.68 Å². The highest BCUT2D eigenvalue weighted by Gasteiger charge is 2.34. The standard InChI is InChI=1S/C10H10N4O4S/c11-7-8(12)14-10(6-4-2-1-3-5-6)18-19(15,16)17-9(7)13-14/h1-5,10H,11-12H2. The smallest absolute Gasteiger partial charge is 0.391 e. The highest BCUT2D eigenvalue weighted by Crippen LogP contribution is 2.36. The van der Waals surface area contributed by atoms with Crippen molar-refractivity contribution in [2.24, 2.45) is 0 Å². The van der Waals surface area contributed by atoms with Crippen LogP contribution in [-0.2, 0) is 14.6 Å². The van der Waals surface area contributed by atoms with Crippen LogP contribution in [0.25, 0.3) is 0 Å². The minimum absolute atomic E-state index is 0.0344. The predicted octanol–water partition coefficient (Wildman–Crippen LogP) is 0.248. The van der Waals surface area contributed by atoms with Crippen molar-refractivity contribution in [1.29, 1.82) is 0 Å². The van der Waals surface area contributed by atoms with Crippen molar-refractivity contribution >= 4 is 21.9 Å². The zero-order valence-corrected chi connectivity index (χ0v) is 10.4. The van der Waals surface area contributed by atoms with Crippen LogP contribution < -0.4 is 15.7 Å². The van der Waals surface area contributed by atoms with Gasteiger partial charge in [0.2, 0.25) is 0 Å². The molecule has 4 N–H and O–H groups in total. The maximum atomic E-state index is 11.6. The van der Waals surface area contributed by atoms with Gasteiger partial charge in [-0.15, -0.1) is 5.10 Å². The van der Waals surface area contributed by atoms with E-state index in [-0.39, 0.29) is 17.4 Å². The van der Waals surface area contributed by atoms with Gasteiger partial charge < -0.3 is 15.7 Å². The molecule has 1 aliphatic heterocycles. The fourth-order valence-corrected chi connectivity index (χ4v) is 2.53. The summed E-state index contributed by atoms with van der Waals surface area (Å²) >= 11 is 0. The Balaban J connectivity index is 2.20. The lowest BCUT2D eigenvalue weighted by Crippen LogP contribution is -2.22. The van der Waals surface area contributed by atoms with Gasteiger partial charge in [-0.25, -0.2) is 8.86 Å². The van der Waals surface area contributed by atoms with Crippen LogP contribution >= 0.6 is 0 Å². The summed E-state index contributed by atoms with van der Waals surface area (Å²) in [5, 5.41) is 3.90. The van der Waals surface area contributed by atoms with Gasteiger partial charge in [-0.2, -0.15) is 8.42 Å². The zero-order valence-electron chi connectivity index (χ0n) is 9.55. The molecule has 1 atom stereocenters. The molecule has 0 saturated heterocycles. The van der Waals surface area contributed by atoms with Gasteiger partial charge in [0.05, 0.1) is 0 Å². The zero-order chi connectivity index (χ0) is 13.6. The number of benzene rings is 1. The molecule has 0 radical (unpaired) electrons. The van der Waals surface area contributed by atoms with E-state index in [2.05, 4.69) is 9.28 Å². The fourth-order valence-electron chi connectivity index (χ4n) is 1.76. The summed E-state index contributed by atoms with van der Waals surface area (Å²) in [6.45, 7) is 0. The van der Waals surface area contributed by atoms with Gasteiger partial charge in [0.25, 0.3) is 5.88 Å². The third-order valence-electron chi connectivity index (χ3n) is 2.65. The quantitative estimate of drug-likeness (QED) is 0.768. The molecule has 2 bridgehead atoms. The molecule has 1 unspecified atom stereocenters. The average Bonchev–Trinajstić information content (AvgIpc) is 2.58. The van der Waals surface area contributed by atoms with E-state index < -0.39 is 16.6 Å². The molecule has 2 aromatic rings. The number of aromatic nitrogens is 2. The van der Waals surface area contributed by atoms with Gasteiger partial charge in [-0.1, -0.05) is 30.3 Å². The summed E-state index contributed by atoms with van der Waals surface area (Å²) in [7, 11) is -4.25. The van der Waals surface area contributed by atoms with Crippen molar-refractivity contribution in [2.45, 2.75) is 6.23 Å². The molecular weight excluding hydrogens is 272 g/mol. The molecule has 0 aliphatic carbocycles. The minimum atomic E-state index is -4.25. The van der Waals surface area contributed by atoms with Crippen LogP contribution in [0.2, 0.25) is 0 Å². The fraction of sp³-hybridized carbons (Fsp3) is 0.100. The van der Waals surface area contributed by atoms with E-state index in [9.17, 15) is 8.42 Å².